The van der Waals surface area contributed by atoms with E-state index in [1.807, 2.05) is 0 Å². The molecule has 1 aromatic carbocycles. The zero-order valence-corrected chi connectivity index (χ0v) is 16.4. The summed E-state index contributed by atoms with van der Waals surface area (Å²) in [6.07, 6.45) is 4.55. The molecule has 2 aromatic rings. The van der Waals surface area contributed by atoms with Crippen molar-refractivity contribution in [3.05, 3.63) is 58.5 Å². The Balaban J connectivity index is 1.80. The van der Waals surface area contributed by atoms with Gasteiger partial charge < -0.3 is 9.88 Å². The number of sulfonamides is 1. The molecule has 156 valence electrons. The fourth-order valence-electron chi connectivity index (χ4n) is 3.15. The predicted octanol–water partition coefficient (Wildman–Crippen LogP) is 2.33. The Morgan fingerprint density at radius 2 is 1.72 bits per heavy atom. The van der Waals surface area contributed by atoms with Gasteiger partial charge in [-0.3, -0.25) is 9.59 Å². The molecule has 1 aliphatic heterocycles. The van der Waals surface area contributed by atoms with Crippen LogP contribution in [0.3, 0.4) is 0 Å². The van der Waals surface area contributed by atoms with Crippen LogP contribution in [-0.2, 0) is 21.4 Å². The van der Waals surface area contributed by atoms with Crippen molar-refractivity contribution in [3.8, 4) is 0 Å². The average molecular weight is 425 g/mol. The number of nitrogens with zero attached hydrogens (tertiary/aromatic N) is 2. The molecule has 2 heterocycles. The third kappa shape index (κ3) is 5.07. The molecule has 3 rings (SSSR count). The van der Waals surface area contributed by atoms with E-state index in [9.17, 15) is 26.8 Å². The van der Waals surface area contributed by atoms with Crippen molar-refractivity contribution in [2.24, 2.45) is 0 Å². The second kappa shape index (κ2) is 8.83. The molecule has 1 aromatic heterocycles. The lowest BCUT2D eigenvalue weighted by atomic mass is 10.2. The number of carbonyl (C=O) groups excluding carboxylic acids is 1. The van der Waals surface area contributed by atoms with E-state index < -0.39 is 39.7 Å². The van der Waals surface area contributed by atoms with E-state index in [2.05, 4.69) is 5.32 Å². The zero-order chi connectivity index (χ0) is 21.0. The molecule has 10 heteroatoms. The smallest absolute Gasteiger partial charge is 0.251 e. The first-order chi connectivity index (χ1) is 13.8. The Kier molecular flexibility index (Phi) is 6.43. The number of anilines is 1. The summed E-state index contributed by atoms with van der Waals surface area (Å²) < 4.78 is 55.0. The number of pyridine rings is 1. The second-order valence-corrected chi connectivity index (χ2v) is 8.76. The molecule has 0 atom stereocenters. The quantitative estimate of drug-likeness (QED) is 0.796. The fourth-order valence-corrected chi connectivity index (χ4v) is 4.69. The zero-order valence-electron chi connectivity index (χ0n) is 15.6. The van der Waals surface area contributed by atoms with Gasteiger partial charge >= 0.3 is 0 Å². The normalized spacial score (nSPS) is 15.7. The van der Waals surface area contributed by atoms with Crippen LogP contribution in [0.1, 0.15) is 25.7 Å². The number of carbonyl (C=O) groups is 1. The van der Waals surface area contributed by atoms with Crippen molar-refractivity contribution in [3.63, 3.8) is 0 Å². The van der Waals surface area contributed by atoms with Crippen molar-refractivity contribution in [1.82, 2.24) is 8.87 Å². The topological polar surface area (TPSA) is 88.5 Å². The average Bonchev–Trinajstić information content (AvgIpc) is 2.96. The lowest BCUT2D eigenvalue weighted by molar-refractivity contribution is -0.116. The van der Waals surface area contributed by atoms with Crippen LogP contribution < -0.4 is 10.9 Å². The number of halogens is 2. The maximum absolute atomic E-state index is 13.7. The first-order valence-corrected chi connectivity index (χ1v) is 10.7. The van der Waals surface area contributed by atoms with Crippen molar-refractivity contribution in [2.75, 3.05) is 18.4 Å². The van der Waals surface area contributed by atoms with E-state index >= 15 is 0 Å². The van der Waals surface area contributed by atoms with Gasteiger partial charge in [-0.15, -0.1) is 0 Å². The Labute approximate surface area is 167 Å². The highest BCUT2D eigenvalue weighted by Gasteiger charge is 2.26. The molecule has 29 heavy (non-hydrogen) atoms. The number of benzene rings is 1. The van der Waals surface area contributed by atoms with Gasteiger partial charge in [-0.2, -0.15) is 4.31 Å². The summed E-state index contributed by atoms with van der Waals surface area (Å²) in [6.45, 7) is 0.264. The third-order valence-corrected chi connectivity index (χ3v) is 6.56. The van der Waals surface area contributed by atoms with Gasteiger partial charge in [-0.05, 0) is 31.0 Å². The van der Waals surface area contributed by atoms with E-state index in [0.717, 1.165) is 60.7 Å². The van der Waals surface area contributed by atoms with Crippen LogP contribution >= 0.6 is 0 Å². The summed E-state index contributed by atoms with van der Waals surface area (Å²) in [5, 5.41) is 2.18. The van der Waals surface area contributed by atoms with Crippen molar-refractivity contribution in [2.45, 2.75) is 37.1 Å². The largest absolute Gasteiger partial charge is 0.322 e. The molecule has 1 saturated heterocycles. The summed E-state index contributed by atoms with van der Waals surface area (Å²) in [5.41, 5.74) is -0.953. The van der Waals surface area contributed by atoms with Crippen LogP contribution in [0.2, 0.25) is 0 Å². The molecule has 1 N–H and O–H groups in total. The molecule has 0 spiro atoms. The summed E-state index contributed by atoms with van der Waals surface area (Å²) in [4.78, 5) is 24.2. The second-order valence-electron chi connectivity index (χ2n) is 6.82. The minimum Gasteiger partial charge on any atom is -0.322 e. The molecule has 1 fully saturated rings. The summed E-state index contributed by atoms with van der Waals surface area (Å²) in [7, 11) is -3.80. The molecule has 1 aliphatic rings. The number of hydrogen-bond acceptors (Lipinski definition) is 4. The van der Waals surface area contributed by atoms with Crippen molar-refractivity contribution in [1.29, 1.82) is 0 Å². The first kappa shape index (κ1) is 21.1. The van der Waals surface area contributed by atoms with Gasteiger partial charge in [0.2, 0.25) is 15.9 Å². The van der Waals surface area contributed by atoms with Crippen LogP contribution in [0.15, 0.2) is 46.2 Å². The van der Waals surface area contributed by atoms with E-state index in [1.165, 1.54) is 10.4 Å². The van der Waals surface area contributed by atoms with Gasteiger partial charge in [-0.25, -0.2) is 17.2 Å². The van der Waals surface area contributed by atoms with Crippen molar-refractivity contribution >= 4 is 21.6 Å². The Morgan fingerprint density at radius 3 is 2.41 bits per heavy atom. The van der Waals surface area contributed by atoms with Crippen LogP contribution in [0, 0.1) is 11.6 Å². The third-order valence-electron chi connectivity index (χ3n) is 4.68. The number of nitrogens with one attached hydrogen (secondary N) is 1. The summed E-state index contributed by atoms with van der Waals surface area (Å²) >= 11 is 0. The molecule has 1 amide bonds. The lowest BCUT2D eigenvalue weighted by Crippen LogP contribution is -2.33. The molecule has 0 aliphatic carbocycles. The van der Waals surface area contributed by atoms with Crippen LogP contribution in [-0.4, -0.2) is 36.3 Å². The molecular formula is C19H21F2N3O4S. The first-order valence-electron chi connectivity index (χ1n) is 9.23. The minimum atomic E-state index is -3.80. The van der Waals surface area contributed by atoms with E-state index in [0.29, 0.717) is 13.1 Å². The van der Waals surface area contributed by atoms with Gasteiger partial charge in [0.15, 0.2) is 0 Å². The lowest BCUT2D eigenvalue weighted by Gasteiger charge is -2.20. The predicted molar refractivity (Wildman–Crippen MR) is 103 cm³/mol. The highest BCUT2D eigenvalue weighted by Crippen LogP contribution is 2.19. The SMILES string of the molecule is O=C(Cn1cc(S(=O)(=O)N2CCCCCC2)ccc1=O)Nc1cc(F)ccc1F. The van der Waals surface area contributed by atoms with Crippen LogP contribution in [0.5, 0.6) is 0 Å². The Hall–Kier alpha value is -2.59. The van der Waals surface area contributed by atoms with E-state index in [-0.39, 0.29) is 10.6 Å². The molecule has 0 bridgehead atoms. The maximum atomic E-state index is 13.7. The summed E-state index contributed by atoms with van der Waals surface area (Å²) in [6, 6.07) is 4.87. The van der Waals surface area contributed by atoms with Gasteiger partial charge in [-0.1, -0.05) is 12.8 Å². The molecule has 0 radical (unpaired) electrons. The minimum absolute atomic E-state index is 0.0938. The molecule has 7 nitrogen and oxygen atoms in total. The fraction of sp³-hybridized carbons (Fsp3) is 0.368. The monoisotopic (exact) mass is 425 g/mol. The standard InChI is InChI=1S/C19H21F2N3O4S/c20-14-5-7-16(21)17(11-14)22-18(25)13-23-12-15(6-8-19(23)26)29(27,28)24-9-3-1-2-4-10-24/h5-8,11-12H,1-4,9-10,13H2,(H,22,25). The number of aromatic nitrogens is 1. The number of amides is 1. The Morgan fingerprint density at radius 1 is 1.03 bits per heavy atom. The number of rotatable bonds is 5. The van der Waals surface area contributed by atoms with Crippen LogP contribution in [0.25, 0.3) is 0 Å². The van der Waals surface area contributed by atoms with Gasteiger partial charge in [0.05, 0.1) is 10.6 Å². The van der Waals surface area contributed by atoms with E-state index in [1.54, 1.807) is 0 Å². The highest BCUT2D eigenvalue weighted by atomic mass is 32.2. The summed E-state index contributed by atoms with van der Waals surface area (Å²) in [5.74, 6) is -2.35. The van der Waals surface area contributed by atoms with Gasteiger partial charge in [0, 0.05) is 31.4 Å². The molecular weight excluding hydrogens is 404 g/mol. The molecule has 0 saturated carbocycles. The maximum Gasteiger partial charge on any atom is 0.251 e. The highest BCUT2D eigenvalue weighted by molar-refractivity contribution is 7.89. The molecule has 0 unspecified atom stereocenters. The number of hydrogen-bond donors (Lipinski definition) is 1. The van der Waals surface area contributed by atoms with Crippen LogP contribution in [0.4, 0.5) is 14.5 Å². The van der Waals surface area contributed by atoms with Gasteiger partial charge in [0.1, 0.15) is 18.2 Å². The van der Waals surface area contributed by atoms with Crippen molar-refractivity contribution < 1.29 is 22.0 Å². The Bertz CT molecular complexity index is 1060. The van der Waals surface area contributed by atoms with Gasteiger partial charge in [0.25, 0.3) is 5.56 Å². The van der Waals surface area contributed by atoms with E-state index in [4.69, 9.17) is 0 Å².